The Balaban J connectivity index is 1.85. The highest BCUT2D eigenvalue weighted by Gasteiger charge is 2.09. The lowest BCUT2D eigenvalue weighted by atomic mass is 10.2. The number of carboxylic acid groups (broad SMARTS) is 1. The van der Waals surface area contributed by atoms with Crippen LogP contribution in [0.4, 0.5) is 5.69 Å². The molecule has 1 amide bonds. The molecular weight excluding hydrogens is 284 g/mol. The first kappa shape index (κ1) is 15.4. The molecule has 0 aliphatic rings. The Bertz CT molecular complexity index is 671. The molecule has 0 saturated heterocycles. The number of carbonyl (C=O) groups excluding carboxylic acids is 1. The summed E-state index contributed by atoms with van der Waals surface area (Å²) in [7, 11) is 0. The van der Waals surface area contributed by atoms with Crippen molar-refractivity contribution in [3.63, 3.8) is 0 Å². The average Bonchev–Trinajstić information content (AvgIpc) is 2.52. The predicted molar refractivity (Wildman–Crippen MR) is 81.6 cm³/mol. The van der Waals surface area contributed by atoms with Gasteiger partial charge in [0.25, 0.3) is 5.91 Å². The lowest BCUT2D eigenvalue weighted by molar-refractivity contribution is -0.123. The molecule has 2 rings (SSSR count). The highest BCUT2D eigenvalue weighted by Crippen LogP contribution is 2.22. The van der Waals surface area contributed by atoms with Crippen LogP contribution < -0.4 is 15.8 Å². The number of hydrogen-bond acceptors (Lipinski definition) is 4. The van der Waals surface area contributed by atoms with Crippen LogP contribution in [-0.4, -0.2) is 23.6 Å². The van der Waals surface area contributed by atoms with Crippen molar-refractivity contribution in [1.29, 1.82) is 0 Å². The summed E-state index contributed by atoms with van der Waals surface area (Å²) in [6.45, 7) is 0.222. The van der Waals surface area contributed by atoms with Gasteiger partial charge in [-0.05, 0) is 23.8 Å². The Hall–Kier alpha value is -3.02. The SMILES string of the molecule is Nc1cc(C(=O)O)ccc1OCC(=O)NCc1ccccc1. The summed E-state index contributed by atoms with van der Waals surface area (Å²) in [6, 6.07) is 13.6. The van der Waals surface area contributed by atoms with Crippen LogP contribution in [0.3, 0.4) is 0 Å². The van der Waals surface area contributed by atoms with E-state index in [1.807, 2.05) is 30.3 Å². The fourth-order valence-corrected chi connectivity index (χ4v) is 1.80. The molecule has 0 fully saturated rings. The zero-order valence-electron chi connectivity index (χ0n) is 11.8. The Kier molecular flexibility index (Phi) is 4.98. The van der Waals surface area contributed by atoms with Crippen LogP contribution in [-0.2, 0) is 11.3 Å². The van der Waals surface area contributed by atoms with Crippen LogP contribution >= 0.6 is 0 Å². The monoisotopic (exact) mass is 300 g/mol. The number of carboxylic acids is 1. The fraction of sp³-hybridized carbons (Fsp3) is 0.125. The van der Waals surface area contributed by atoms with E-state index in [1.54, 1.807) is 0 Å². The number of benzene rings is 2. The van der Waals surface area contributed by atoms with E-state index in [2.05, 4.69) is 5.32 Å². The van der Waals surface area contributed by atoms with E-state index < -0.39 is 5.97 Å². The summed E-state index contributed by atoms with van der Waals surface area (Å²) >= 11 is 0. The van der Waals surface area contributed by atoms with Crippen LogP contribution in [0.2, 0.25) is 0 Å². The summed E-state index contributed by atoms with van der Waals surface area (Å²) < 4.78 is 5.29. The number of anilines is 1. The van der Waals surface area contributed by atoms with Crippen molar-refractivity contribution in [1.82, 2.24) is 5.32 Å². The molecule has 0 heterocycles. The lowest BCUT2D eigenvalue weighted by Gasteiger charge is -2.10. The van der Waals surface area contributed by atoms with Gasteiger partial charge in [-0.25, -0.2) is 4.79 Å². The molecule has 0 saturated carbocycles. The van der Waals surface area contributed by atoms with Gasteiger partial charge in [-0.15, -0.1) is 0 Å². The predicted octanol–water partition coefficient (Wildman–Crippen LogP) is 1.66. The van der Waals surface area contributed by atoms with Crippen LogP contribution in [0.1, 0.15) is 15.9 Å². The maximum absolute atomic E-state index is 11.7. The van der Waals surface area contributed by atoms with E-state index in [0.717, 1.165) is 5.56 Å². The van der Waals surface area contributed by atoms with Gasteiger partial charge in [0.2, 0.25) is 0 Å². The van der Waals surface area contributed by atoms with Gasteiger partial charge in [-0.1, -0.05) is 30.3 Å². The number of amides is 1. The minimum Gasteiger partial charge on any atom is -0.482 e. The standard InChI is InChI=1S/C16H16N2O4/c17-13-8-12(16(20)21)6-7-14(13)22-10-15(19)18-9-11-4-2-1-3-5-11/h1-8H,9-10,17H2,(H,18,19)(H,20,21). The average molecular weight is 300 g/mol. The van der Waals surface area contributed by atoms with Crippen LogP contribution in [0.15, 0.2) is 48.5 Å². The maximum Gasteiger partial charge on any atom is 0.335 e. The molecule has 2 aromatic rings. The Labute approximate surface area is 127 Å². The largest absolute Gasteiger partial charge is 0.482 e. The summed E-state index contributed by atoms with van der Waals surface area (Å²) in [4.78, 5) is 22.5. The number of rotatable bonds is 6. The summed E-state index contributed by atoms with van der Waals surface area (Å²) in [5, 5.41) is 11.6. The third kappa shape index (κ3) is 4.24. The Morgan fingerprint density at radius 1 is 1.14 bits per heavy atom. The number of carbonyl (C=O) groups is 2. The van der Waals surface area contributed by atoms with Gasteiger partial charge in [0.15, 0.2) is 6.61 Å². The van der Waals surface area contributed by atoms with Crippen molar-refractivity contribution in [2.24, 2.45) is 0 Å². The van der Waals surface area contributed by atoms with E-state index in [1.165, 1.54) is 18.2 Å². The quantitative estimate of drug-likeness (QED) is 0.704. The van der Waals surface area contributed by atoms with Gasteiger partial charge in [0.1, 0.15) is 5.75 Å². The van der Waals surface area contributed by atoms with Gasteiger partial charge >= 0.3 is 5.97 Å². The number of hydrogen-bond donors (Lipinski definition) is 3. The third-order valence-corrected chi connectivity index (χ3v) is 2.95. The van der Waals surface area contributed by atoms with E-state index in [-0.39, 0.29) is 29.5 Å². The molecule has 0 radical (unpaired) electrons. The van der Waals surface area contributed by atoms with Crippen molar-refractivity contribution in [3.05, 3.63) is 59.7 Å². The van der Waals surface area contributed by atoms with Gasteiger partial charge in [-0.3, -0.25) is 4.79 Å². The highest BCUT2D eigenvalue weighted by molar-refractivity contribution is 5.89. The molecule has 2 aromatic carbocycles. The molecule has 22 heavy (non-hydrogen) atoms. The van der Waals surface area contributed by atoms with E-state index in [9.17, 15) is 9.59 Å². The fourth-order valence-electron chi connectivity index (χ4n) is 1.80. The van der Waals surface area contributed by atoms with Crippen molar-refractivity contribution < 1.29 is 19.4 Å². The number of nitrogen functional groups attached to an aromatic ring is 1. The summed E-state index contributed by atoms with van der Waals surface area (Å²) in [5.41, 5.74) is 6.92. The second-order valence-corrected chi connectivity index (χ2v) is 4.61. The zero-order valence-corrected chi connectivity index (χ0v) is 11.8. The number of nitrogens with one attached hydrogen (secondary N) is 1. The molecule has 0 unspecified atom stereocenters. The maximum atomic E-state index is 11.7. The van der Waals surface area contributed by atoms with Crippen molar-refractivity contribution >= 4 is 17.6 Å². The van der Waals surface area contributed by atoms with Gasteiger partial charge < -0.3 is 20.9 Å². The van der Waals surface area contributed by atoms with Crippen LogP contribution in [0, 0.1) is 0 Å². The topological polar surface area (TPSA) is 102 Å². The van der Waals surface area contributed by atoms with Gasteiger partial charge in [-0.2, -0.15) is 0 Å². The first-order valence-electron chi connectivity index (χ1n) is 6.62. The molecule has 6 nitrogen and oxygen atoms in total. The third-order valence-electron chi connectivity index (χ3n) is 2.95. The van der Waals surface area contributed by atoms with Crippen LogP contribution in [0.25, 0.3) is 0 Å². The Morgan fingerprint density at radius 2 is 1.86 bits per heavy atom. The number of aromatic carboxylic acids is 1. The lowest BCUT2D eigenvalue weighted by Crippen LogP contribution is -2.28. The molecule has 0 aromatic heterocycles. The number of nitrogens with two attached hydrogens (primary N) is 1. The molecule has 0 aliphatic heterocycles. The van der Waals surface area contributed by atoms with E-state index in [0.29, 0.717) is 6.54 Å². The van der Waals surface area contributed by atoms with E-state index in [4.69, 9.17) is 15.6 Å². The van der Waals surface area contributed by atoms with Gasteiger partial charge in [0, 0.05) is 6.54 Å². The molecular formula is C16H16N2O4. The molecule has 0 bridgehead atoms. The second-order valence-electron chi connectivity index (χ2n) is 4.61. The summed E-state index contributed by atoms with van der Waals surface area (Å²) in [5.74, 6) is -1.08. The first-order valence-corrected chi connectivity index (χ1v) is 6.62. The molecule has 0 spiro atoms. The normalized spacial score (nSPS) is 10.0. The van der Waals surface area contributed by atoms with E-state index >= 15 is 0 Å². The smallest absolute Gasteiger partial charge is 0.335 e. The molecule has 4 N–H and O–H groups in total. The Morgan fingerprint density at radius 3 is 2.50 bits per heavy atom. The molecule has 0 atom stereocenters. The van der Waals surface area contributed by atoms with Crippen molar-refractivity contribution in [2.45, 2.75) is 6.54 Å². The molecule has 6 heteroatoms. The first-order chi connectivity index (χ1) is 10.6. The van der Waals surface area contributed by atoms with Crippen LogP contribution in [0.5, 0.6) is 5.75 Å². The van der Waals surface area contributed by atoms with Crippen molar-refractivity contribution in [3.8, 4) is 5.75 Å². The highest BCUT2D eigenvalue weighted by atomic mass is 16.5. The minimum absolute atomic E-state index is 0.0679. The van der Waals surface area contributed by atoms with Gasteiger partial charge in [0.05, 0.1) is 11.3 Å². The summed E-state index contributed by atoms with van der Waals surface area (Å²) in [6.07, 6.45) is 0. The molecule has 114 valence electrons. The minimum atomic E-state index is -1.07. The molecule has 0 aliphatic carbocycles. The van der Waals surface area contributed by atoms with Crippen molar-refractivity contribution in [2.75, 3.05) is 12.3 Å². The second kappa shape index (κ2) is 7.12. The number of ether oxygens (including phenoxy) is 1. The zero-order chi connectivity index (χ0) is 15.9.